The maximum Gasteiger partial charge on any atom is 0.243 e. The number of rotatable bonds is 4. The summed E-state index contributed by atoms with van der Waals surface area (Å²) in [4.78, 5) is 4.22. The van der Waals surface area contributed by atoms with Gasteiger partial charge in [-0.3, -0.25) is 0 Å². The van der Waals surface area contributed by atoms with Crippen LogP contribution in [0.5, 0.6) is 0 Å². The van der Waals surface area contributed by atoms with Crippen LogP contribution in [0.4, 0.5) is 8.78 Å². The van der Waals surface area contributed by atoms with Crippen LogP contribution in [0.2, 0.25) is 0 Å². The number of nitrogens with zero attached hydrogens (tertiary/aromatic N) is 1. The van der Waals surface area contributed by atoms with Gasteiger partial charge in [0.15, 0.2) is 0 Å². The van der Waals surface area contributed by atoms with E-state index in [1.165, 1.54) is 0 Å². The molecule has 1 aromatic rings. The molecular formula is C11H12F2N2O3S. The molecule has 0 saturated carbocycles. The minimum Gasteiger partial charge on any atom is -0.391 e. The number of nitrogens with one attached hydrogen (secondary N) is 1. The number of halogens is 2. The Labute approximate surface area is 109 Å². The molecule has 0 aromatic heterocycles. The molecule has 1 unspecified atom stereocenters. The van der Waals surface area contributed by atoms with Crippen LogP contribution in [0, 0.1) is 11.6 Å². The van der Waals surface area contributed by atoms with Crippen molar-refractivity contribution in [3.8, 4) is 0 Å². The SMILES string of the molecule is CC1=NOC(CNS(=O)(=O)c2cc(F)ccc2F)C1. The summed E-state index contributed by atoms with van der Waals surface area (Å²) in [6, 6.07) is 2.25. The minimum atomic E-state index is -4.11. The van der Waals surface area contributed by atoms with E-state index in [2.05, 4.69) is 9.88 Å². The van der Waals surface area contributed by atoms with Crippen LogP contribution in [0.25, 0.3) is 0 Å². The van der Waals surface area contributed by atoms with E-state index in [9.17, 15) is 17.2 Å². The highest BCUT2D eigenvalue weighted by Gasteiger charge is 2.24. The predicted molar refractivity (Wildman–Crippen MR) is 64.1 cm³/mol. The van der Waals surface area contributed by atoms with E-state index in [0.29, 0.717) is 12.5 Å². The zero-order valence-corrected chi connectivity index (χ0v) is 10.9. The Morgan fingerprint density at radius 3 is 2.84 bits per heavy atom. The van der Waals surface area contributed by atoms with Gasteiger partial charge in [-0.25, -0.2) is 21.9 Å². The van der Waals surface area contributed by atoms with E-state index >= 15 is 0 Å². The van der Waals surface area contributed by atoms with Gasteiger partial charge in [-0.1, -0.05) is 5.16 Å². The Hall–Kier alpha value is -1.54. The Morgan fingerprint density at radius 2 is 2.21 bits per heavy atom. The molecule has 1 aliphatic heterocycles. The number of sulfonamides is 1. The van der Waals surface area contributed by atoms with Gasteiger partial charge in [0.25, 0.3) is 0 Å². The molecule has 0 bridgehead atoms. The van der Waals surface area contributed by atoms with Gasteiger partial charge in [0.2, 0.25) is 10.0 Å². The summed E-state index contributed by atoms with van der Waals surface area (Å²) < 4.78 is 52.2. The normalized spacial score (nSPS) is 19.1. The van der Waals surface area contributed by atoms with Crippen LogP contribution in [0.1, 0.15) is 13.3 Å². The summed E-state index contributed by atoms with van der Waals surface area (Å²) in [5.41, 5.74) is 0.751. The molecule has 5 nitrogen and oxygen atoms in total. The molecule has 1 atom stereocenters. The Bertz CT molecular complexity index is 616. The molecule has 1 aliphatic rings. The third-order valence-electron chi connectivity index (χ3n) is 2.56. The summed E-state index contributed by atoms with van der Waals surface area (Å²) >= 11 is 0. The first-order valence-corrected chi connectivity index (χ1v) is 7.01. The number of benzene rings is 1. The molecule has 0 radical (unpaired) electrons. The van der Waals surface area contributed by atoms with E-state index in [1.807, 2.05) is 0 Å². The first-order valence-electron chi connectivity index (χ1n) is 5.52. The number of oxime groups is 1. The van der Waals surface area contributed by atoms with Crippen molar-refractivity contribution in [3.05, 3.63) is 29.8 Å². The molecule has 2 rings (SSSR count). The maximum absolute atomic E-state index is 13.4. The van der Waals surface area contributed by atoms with Gasteiger partial charge < -0.3 is 4.84 Å². The number of hydrogen-bond donors (Lipinski definition) is 1. The fourth-order valence-corrected chi connectivity index (χ4v) is 2.79. The van der Waals surface area contributed by atoms with Crippen molar-refractivity contribution >= 4 is 15.7 Å². The van der Waals surface area contributed by atoms with E-state index < -0.39 is 32.7 Å². The summed E-state index contributed by atoms with van der Waals surface area (Å²) in [6.45, 7) is 1.69. The van der Waals surface area contributed by atoms with Crippen LogP contribution in [-0.2, 0) is 14.9 Å². The van der Waals surface area contributed by atoms with Gasteiger partial charge in [0, 0.05) is 6.42 Å². The third kappa shape index (κ3) is 3.27. The average molecular weight is 290 g/mol. The molecule has 0 spiro atoms. The standard InChI is InChI=1S/C11H12F2N2O3S/c1-7-4-9(18-15-7)6-14-19(16,17)11-5-8(12)2-3-10(11)13/h2-3,5,9,14H,4,6H2,1H3. The average Bonchev–Trinajstić information content (AvgIpc) is 2.76. The Kier molecular flexibility index (Phi) is 3.81. The van der Waals surface area contributed by atoms with Crippen molar-refractivity contribution in [3.63, 3.8) is 0 Å². The molecule has 0 aliphatic carbocycles. The monoisotopic (exact) mass is 290 g/mol. The first kappa shape index (κ1) is 13.9. The zero-order valence-electron chi connectivity index (χ0n) is 10.1. The predicted octanol–water partition coefficient (Wildman–Crippen LogP) is 1.41. The molecule has 19 heavy (non-hydrogen) atoms. The second kappa shape index (κ2) is 5.22. The van der Waals surface area contributed by atoms with Crippen molar-refractivity contribution in [2.75, 3.05) is 6.54 Å². The zero-order chi connectivity index (χ0) is 14.0. The van der Waals surface area contributed by atoms with Gasteiger partial charge in [-0.15, -0.1) is 0 Å². The molecule has 8 heteroatoms. The lowest BCUT2D eigenvalue weighted by molar-refractivity contribution is 0.0891. The molecule has 0 amide bonds. The highest BCUT2D eigenvalue weighted by atomic mass is 32.2. The van der Waals surface area contributed by atoms with Crippen molar-refractivity contribution in [2.24, 2.45) is 5.16 Å². The van der Waals surface area contributed by atoms with E-state index in [0.717, 1.165) is 17.8 Å². The van der Waals surface area contributed by atoms with Gasteiger partial charge in [-0.2, -0.15) is 0 Å². The Balaban J connectivity index is 2.08. The van der Waals surface area contributed by atoms with Gasteiger partial charge in [0.1, 0.15) is 22.6 Å². The smallest absolute Gasteiger partial charge is 0.243 e. The second-order valence-corrected chi connectivity index (χ2v) is 5.92. The maximum atomic E-state index is 13.4. The van der Waals surface area contributed by atoms with Crippen molar-refractivity contribution in [1.29, 1.82) is 0 Å². The molecule has 104 valence electrons. The van der Waals surface area contributed by atoms with Crippen LogP contribution in [0.15, 0.2) is 28.3 Å². The fraction of sp³-hybridized carbons (Fsp3) is 0.364. The van der Waals surface area contributed by atoms with Gasteiger partial charge in [-0.05, 0) is 25.1 Å². The van der Waals surface area contributed by atoms with Crippen LogP contribution in [0.3, 0.4) is 0 Å². The largest absolute Gasteiger partial charge is 0.391 e. The summed E-state index contributed by atoms with van der Waals surface area (Å²) in [6.07, 6.45) is 0.0696. The lowest BCUT2D eigenvalue weighted by atomic mass is 10.2. The van der Waals surface area contributed by atoms with Crippen LogP contribution >= 0.6 is 0 Å². The molecule has 1 heterocycles. The number of hydrogen-bond acceptors (Lipinski definition) is 4. The highest BCUT2D eigenvalue weighted by Crippen LogP contribution is 2.16. The highest BCUT2D eigenvalue weighted by molar-refractivity contribution is 7.89. The van der Waals surface area contributed by atoms with Crippen molar-refractivity contribution in [2.45, 2.75) is 24.3 Å². The summed E-state index contributed by atoms with van der Waals surface area (Å²) in [5.74, 6) is -1.83. The molecule has 0 saturated heterocycles. The Morgan fingerprint density at radius 1 is 1.47 bits per heavy atom. The molecule has 1 N–H and O–H groups in total. The fourth-order valence-electron chi connectivity index (χ4n) is 1.64. The molecule has 0 fully saturated rings. The quantitative estimate of drug-likeness (QED) is 0.911. The van der Waals surface area contributed by atoms with E-state index in [4.69, 9.17) is 4.84 Å². The van der Waals surface area contributed by atoms with E-state index in [1.54, 1.807) is 6.92 Å². The summed E-state index contributed by atoms with van der Waals surface area (Å²) in [7, 11) is -4.11. The lowest BCUT2D eigenvalue weighted by Gasteiger charge is -2.11. The minimum absolute atomic E-state index is 0.0564. The topological polar surface area (TPSA) is 67.8 Å². The van der Waals surface area contributed by atoms with Crippen LogP contribution < -0.4 is 4.72 Å². The molecular weight excluding hydrogens is 278 g/mol. The van der Waals surface area contributed by atoms with Crippen molar-refractivity contribution < 1.29 is 22.0 Å². The van der Waals surface area contributed by atoms with Crippen molar-refractivity contribution in [1.82, 2.24) is 4.72 Å². The third-order valence-corrected chi connectivity index (χ3v) is 4.00. The van der Waals surface area contributed by atoms with Gasteiger partial charge >= 0.3 is 0 Å². The lowest BCUT2D eigenvalue weighted by Crippen LogP contribution is -2.32. The second-order valence-electron chi connectivity index (χ2n) is 4.18. The van der Waals surface area contributed by atoms with Gasteiger partial charge in [0.05, 0.1) is 12.3 Å². The van der Waals surface area contributed by atoms with Crippen LogP contribution in [-0.4, -0.2) is 26.8 Å². The van der Waals surface area contributed by atoms with E-state index in [-0.39, 0.29) is 6.54 Å². The first-order chi connectivity index (χ1) is 8.88. The summed E-state index contributed by atoms with van der Waals surface area (Å²) in [5, 5.41) is 3.67. The molecule has 1 aromatic carbocycles.